The van der Waals surface area contributed by atoms with Crippen molar-refractivity contribution in [2.24, 2.45) is 5.92 Å². The summed E-state index contributed by atoms with van der Waals surface area (Å²) >= 11 is 0. The minimum atomic E-state index is -0.146. The van der Waals surface area contributed by atoms with Crippen LogP contribution in [-0.2, 0) is 16.1 Å². The SMILES string of the molecule is CCCC(=O)Nc1ccc2c(c1)OC[C@H](C)N(Cc1cncnc1)C[C@H](C)[C@H](OC)CN(C)C2=O. The van der Waals surface area contributed by atoms with Crippen molar-refractivity contribution in [3.8, 4) is 5.75 Å². The summed E-state index contributed by atoms with van der Waals surface area (Å²) in [5.41, 5.74) is 2.08. The van der Waals surface area contributed by atoms with Gasteiger partial charge in [0, 0.05) is 76.0 Å². The van der Waals surface area contributed by atoms with Crippen molar-refractivity contribution in [1.29, 1.82) is 0 Å². The maximum atomic E-state index is 13.3. The standard InChI is InChI=1S/C26H37N5O4/c1-6-7-25(32)29-21-8-9-22-23(10-21)35-16-19(3)31(14-20-11-27-17-28-12-20)13-18(2)24(34-5)15-30(4)26(22)33/h8-12,17-19,24H,6-7,13-16H2,1-5H3,(H,29,32)/t18-,19-,24+/m0/s1. The van der Waals surface area contributed by atoms with Crippen LogP contribution in [0.5, 0.6) is 5.75 Å². The van der Waals surface area contributed by atoms with Crippen LogP contribution in [-0.4, -0.2) is 77.6 Å². The zero-order valence-electron chi connectivity index (χ0n) is 21.4. The van der Waals surface area contributed by atoms with E-state index < -0.39 is 0 Å². The van der Waals surface area contributed by atoms with Crippen LogP contribution in [0.1, 0.15) is 49.5 Å². The van der Waals surface area contributed by atoms with Crippen molar-refractivity contribution in [3.63, 3.8) is 0 Å². The summed E-state index contributed by atoms with van der Waals surface area (Å²) in [7, 11) is 3.46. The fourth-order valence-corrected chi connectivity index (χ4v) is 4.24. The van der Waals surface area contributed by atoms with Gasteiger partial charge in [-0.15, -0.1) is 0 Å². The second-order valence-corrected chi connectivity index (χ2v) is 9.28. The smallest absolute Gasteiger partial charge is 0.257 e. The van der Waals surface area contributed by atoms with E-state index in [-0.39, 0.29) is 29.9 Å². The van der Waals surface area contributed by atoms with E-state index in [1.165, 1.54) is 6.33 Å². The fourth-order valence-electron chi connectivity index (χ4n) is 4.24. The lowest BCUT2D eigenvalue weighted by atomic mass is 10.0. The second kappa shape index (κ2) is 12.6. The molecule has 9 nitrogen and oxygen atoms in total. The highest BCUT2D eigenvalue weighted by molar-refractivity contribution is 5.98. The van der Waals surface area contributed by atoms with Crippen LogP contribution >= 0.6 is 0 Å². The first-order chi connectivity index (χ1) is 16.8. The van der Waals surface area contributed by atoms with Crippen molar-refractivity contribution in [2.75, 3.05) is 39.2 Å². The molecule has 0 unspecified atom stereocenters. The Morgan fingerprint density at radius 2 is 1.97 bits per heavy atom. The molecule has 0 saturated heterocycles. The van der Waals surface area contributed by atoms with Crippen molar-refractivity contribution in [3.05, 3.63) is 48.0 Å². The van der Waals surface area contributed by atoms with Gasteiger partial charge in [0.1, 0.15) is 18.7 Å². The summed E-state index contributed by atoms with van der Waals surface area (Å²) in [4.78, 5) is 37.7. The van der Waals surface area contributed by atoms with E-state index >= 15 is 0 Å². The van der Waals surface area contributed by atoms with Gasteiger partial charge >= 0.3 is 0 Å². The molecule has 0 saturated carbocycles. The lowest BCUT2D eigenvalue weighted by Gasteiger charge is -2.36. The average Bonchev–Trinajstić information content (AvgIpc) is 2.85. The van der Waals surface area contributed by atoms with Gasteiger partial charge in [-0.05, 0) is 31.4 Å². The zero-order valence-corrected chi connectivity index (χ0v) is 21.4. The summed E-state index contributed by atoms with van der Waals surface area (Å²) in [6.07, 6.45) is 6.23. The number of nitrogens with zero attached hydrogens (tertiary/aromatic N) is 4. The van der Waals surface area contributed by atoms with Crippen LogP contribution in [0.3, 0.4) is 0 Å². The van der Waals surface area contributed by atoms with Gasteiger partial charge in [-0.1, -0.05) is 13.8 Å². The van der Waals surface area contributed by atoms with E-state index in [4.69, 9.17) is 9.47 Å². The molecule has 9 heteroatoms. The highest BCUT2D eigenvalue weighted by Crippen LogP contribution is 2.27. The number of rotatable bonds is 6. The molecule has 2 heterocycles. The predicted octanol–water partition coefficient (Wildman–Crippen LogP) is 3.22. The monoisotopic (exact) mass is 483 g/mol. The Morgan fingerprint density at radius 3 is 2.66 bits per heavy atom. The quantitative estimate of drug-likeness (QED) is 0.674. The Hall–Kier alpha value is -3.04. The maximum absolute atomic E-state index is 13.3. The van der Waals surface area contributed by atoms with Crippen LogP contribution in [0.15, 0.2) is 36.9 Å². The van der Waals surface area contributed by atoms with Crippen molar-refractivity contribution in [1.82, 2.24) is 19.8 Å². The molecule has 1 aliphatic heterocycles. The largest absolute Gasteiger partial charge is 0.491 e. The van der Waals surface area contributed by atoms with Gasteiger partial charge in [0.2, 0.25) is 5.91 Å². The summed E-state index contributed by atoms with van der Waals surface area (Å²) in [5.74, 6) is 0.406. The van der Waals surface area contributed by atoms with Crippen LogP contribution in [0.25, 0.3) is 0 Å². The number of anilines is 1. The third-order valence-corrected chi connectivity index (χ3v) is 6.34. The number of carbonyl (C=O) groups is 2. The minimum absolute atomic E-state index is 0.0357. The first kappa shape index (κ1) is 26.6. The van der Waals surface area contributed by atoms with Crippen molar-refractivity contribution >= 4 is 17.5 Å². The van der Waals surface area contributed by atoms with Gasteiger partial charge in [0.15, 0.2) is 0 Å². The van der Waals surface area contributed by atoms with Gasteiger partial charge in [-0.25, -0.2) is 9.97 Å². The molecule has 1 aliphatic rings. The molecular formula is C26H37N5O4. The average molecular weight is 484 g/mol. The Kier molecular flexibility index (Phi) is 9.56. The first-order valence-electron chi connectivity index (χ1n) is 12.1. The lowest BCUT2D eigenvalue weighted by Crippen LogP contribution is -2.46. The molecule has 190 valence electrons. The number of benzene rings is 1. The lowest BCUT2D eigenvalue weighted by molar-refractivity contribution is -0.116. The zero-order chi connectivity index (χ0) is 25.4. The number of aromatic nitrogens is 2. The molecule has 0 fully saturated rings. The highest BCUT2D eigenvalue weighted by Gasteiger charge is 2.28. The number of nitrogens with one attached hydrogen (secondary N) is 1. The molecule has 1 N–H and O–H groups in total. The van der Waals surface area contributed by atoms with Gasteiger partial charge < -0.3 is 19.7 Å². The Labute approximate surface area is 207 Å². The van der Waals surface area contributed by atoms with Crippen molar-refractivity contribution in [2.45, 2.75) is 52.3 Å². The Bertz CT molecular complexity index is 987. The highest BCUT2D eigenvalue weighted by atomic mass is 16.5. The van der Waals surface area contributed by atoms with Gasteiger partial charge in [-0.2, -0.15) is 0 Å². The summed E-state index contributed by atoms with van der Waals surface area (Å²) in [6, 6.07) is 5.23. The predicted molar refractivity (Wildman–Crippen MR) is 134 cm³/mol. The summed E-state index contributed by atoms with van der Waals surface area (Å²) < 4.78 is 12.0. The van der Waals surface area contributed by atoms with Crippen LogP contribution in [0, 0.1) is 5.92 Å². The van der Waals surface area contributed by atoms with E-state index in [2.05, 4.69) is 34.0 Å². The second-order valence-electron chi connectivity index (χ2n) is 9.28. The molecule has 1 aromatic heterocycles. The van der Waals surface area contributed by atoms with E-state index in [0.29, 0.717) is 43.1 Å². The molecule has 2 aromatic rings. The van der Waals surface area contributed by atoms with E-state index in [1.54, 1.807) is 37.3 Å². The molecule has 3 rings (SSSR count). The summed E-state index contributed by atoms with van der Waals surface area (Å²) in [6.45, 7) is 8.43. The fraction of sp³-hybridized carbons (Fsp3) is 0.538. The van der Waals surface area contributed by atoms with Gasteiger partial charge in [-0.3, -0.25) is 14.5 Å². The maximum Gasteiger partial charge on any atom is 0.257 e. The molecule has 35 heavy (non-hydrogen) atoms. The summed E-state index contributed by atoms with van der Waals surface area (Å²) in [5, 5.41) is 2.89. The number of hydrogen-bond donors (Lipinski definition) is 1. The van der Waals surface area contributed by atoms with Crippen molar-refractivity contribution < 1.29 is 19.1 Å². The van der Waals surface area contributed by atoms with Crippen LogP contribution in [0.4, 0.5) is 5.69 Å². The molecule has 0 radical (unpaired) electrons. The third-order valence-electron chi connectivity index (χ3n) is 6.34. The molecule has 0 bridgehead atoms. The van der Waals surface area contributed by atoms with E-state index in [9.17, 15) is 9.59 Å². The van der Waals surface area contributed by atoms with Gasteiger partial charge in [0.05, 0.1) is 11.7 Å². The first-order valence-corrected chi connectivity index (χ1v) is 12.1. The minimum Gasteiger partial charge on any atom is -0.491 e. The number of ether oxygens (including phenoxy) is 2. The van der Waals surface area contributed by atoms with E-state index in [0.717, 1.165) is 18.5 Å². The molecule has 3 atom stereocenters. The molecule has 0 aliphatic carbocycles. The molecule has 0 spiro atoms. The van der Waals surface area contributed by atoms with E-state index in [1.807, 2.05) is 19.3 Å². The number of hydrogen-bond acceptors (Lipinski definition) is 7. The van der Waals surface area contributed by atoms with Crippen LogP contribution in [0.2, 0.25) is 0 Å². The number of likely N-dealkylation sites (N-methyl/N-ethyl adjacent to an activating group) is 1. The molecular weight excluding hydrogens is 446 g/mol. The number of fused-ring (bicyclic) bond motifs is 1. The number of carbonyl (C=O) groups excluding carboxylic acids is 2. The van der Waals surface area contributed by atoms with Crippen LogP contribution < -0.4 is 10.1 Å². The molecule has 2 amide bonds. The third kappa shape index (κ3) is 7.22. The normalized spacial score (nSPS) is 21.9. The topological polar surface area (TPSA) is 96.9 Å². The Balaban J connectivity index is 1.92. The number of amides is 2. The molecule has 1 aromatic carbocycles. The van der Waals surface area contributed by atoms with Gasteiger partial charge in [0.25, 0.3) is 5.91 Å². The number of methoxy groups -OCH3 is 1. The Morgan fingerprint density at radius 1 is 1.23 bits per heavy atom.